The molecule has 200 valence electrons. The van der Waals surface area contributed by atoms with Crippen LogP contribution in [0.25, 0.3) is 10.4 Å². The second-order valence-electron chi connectivity index (χ2n) is 8.33. The van der Waals surface area contributed by atoms with Gasteiger partial charge in [0.05, 0.1) is 22.4 Å². The molecule has 0 saturated carbocycles. The van der Waals surface area contributed by atoms with E-state index in [4.69, 9.17) is 8.92 Å². The molecule has 0 aromatic heterocycles. The number of hydrogen-bond donors (Lipinski definition) is 0. The number of nitrogens with zero attached hydrogens (tertiary/aromatic N) is 3. The first-order chi connectivity index (χ1) is 18.3. The molecule has 11 heteroatoms. The monoisotopic (exact) mass is 571 g/mol. The molecule has 0 saturated heterocycles. The van der Waals surface area contributed by atoms with E-state index in [2.05, 4.69) is 10.0 Å². The standard InChI is InChI=1S/C27H29N3O5S3/c1-38(32,33)35-25(18-34-27(31)23-15-9-4-10-16-23)24(29-30-28)17-26(36-19-21-11-5-2-6-12-21)37-20-22-13-7-3-8-14-22/h2-16,24-26H,17-20H2,1H3/t24-,25-/m0/s1. The summed E-state index contributed by atoms with van der Waals surface area (Å²) in [7, 11) is -3.93. The zero-order valence-corrected chi connectivity index (χ0v) is 23.3. The Balaban J connectivity index is 1.77. The number of ether oxygens (including phenoxy) is 1. The Morgan fingerprint density at radius 2 is 1.39 bits per heavy atom. The molecule has 0 aliphatic carbocycles. The fourth-order valence-corrected chi connectivity index (χ4v) is 6.72. The Kier molecular flexibility index (Phi) is 12.0. The highest BCUT2D eigenvalue weighted by Gasteiger charge is 2.30. The summed E-state index contributed by atoms with van der Waals surface area (Å²) in [5.41, 5.74) is 11.9. The Hall–Kier alpha value is -2.95. The third-order valence-electron chi connectivity index (χ3n) is 5.31. The van der Waals surface area contributed by atoms with Gasteiger partial charge in [-0.15, -0.1) is 23.5 Å². The van der Waals surface area contributed by atoms with Crippen LogP contribution in [0.15, 0.2) is 96.1 Å². The van der Waals surface area contributed by atoms with E-state index in [1.165, 1.54) is 0 Å². The van der Waals surface area contributed by atoms with Gasteiger partial charge in [0, 0.05) is 16.4 Å². The van der Waals surface area contributed by atoms with Gasteiger partial charge in [0.1, 0.15) is 12.7 Å². The Bertz CT molecular complexity index is 1250. The first-order valence-corrected chi connectivity index (χ1v) is 15.7. The van der Waals surface area contributed by atoms with E-state index < -0.39 is 28.2 Å². The van der Waals surface area contributed by atoms with Gasteiger partial charge in [0.25, 0.3) is 10.1 Å². The summed E-state index contributed by atoms with van der Waals surface area (Å²) in [5, 5.41) is 3.88. The zero-order chi connectivity index (χ0) is 27.2. The van der Waals surface area contributed by atoms with Crippen LogP contribution in [0.2, 0.25) is 0 Å². The topological polar surface area (TPSA) is 118 Å². The van der Waals surface area contributed by atoms with E-state index in [9.17, 15) is 18.7 Å². The highest BCUT2D eigenvalue weighted by Crippen LogP contribution is 2.35. The maximum Gasteiger partial charge on any atom is 0.338 e. The number of rotatable bonds is 15. The van der Waals surface area contributed by atoms with Gasteiger partial charge in [-0.05, 0) is 35.2 Å². The third-order valence-corrected chi connectivity index (χ3v) is 8.85. The number of carbonyl (C=O) groups is 1. The molecule has 8 nitrogen and oxygen atoms in total. The normalized spacial score (nSPS) is 12.9. The fraction of sp³-hybridized carbons (Fsp3) is 0.296. The van der Waals surface area contributed by atoms with Gasteiger partial charge in [-0.2, -0.15) is 8.42 Å². The molecular weight excluding hydrogens is 543 g/mol. The van der Waals surface area contributed by atoms with Crippen LogP contribution in [-0.2, 0) is 30.5 Å². The maximum atomic E-state index is 12.5. The largest absolute Gasteiger partial charge is 0.459 e. The van der Waals surface area contributed by atoms with Crippen molar-refractivity contribution >= 4 is 39.6 Å². The fourth-order valence-electron chi connectivity index (χ4n) is 3.49. The molecule has 0 spiro atoms. The second kappa shape index (κ2) is 15.5. The van der Waals surface area contributed by atoms with E-state index in [0.717, 1.165) is 28.9 Å². The molecule has 0 heterocycles. The molecule has 0 unspecified atom stereocenters. The van der Waals surface area contributed by atoms with Crippen molar-refractivity contribution < 1.29 is 22.1 Å². The van der Waals surface area contributed by atoms with Crippen molar-refractivity contribution in [3.05, 3.63) is 118 Å². The van der Waals surface area contributed by atoms with Crippen molar-refractivity contribution in [1.29, 1.82) is 0 Å². The Labute approximate surface area is 231 Å². The van der Waals surface area contributed by atoms with Crippen LogP contribution < -0.4 is 0 Å². The highest BCUT2D eigenvalue weighted by molar-refractivity contribution is 8.16. The van der Waals surface area contributed by atoms with Crippen LogP contribution >= 0.6 is 23.5 Å². The second-order valence-corrected chi connectivity index (χ2v) is 12.6. The molecule has 0 amide bonds. The average molecular weight is 572 g/mol. The van der Waals surface area contributed by atoms with Gasteiger partial charge in [0.2, 0.25) is 0 Å². The van der Waals surface area contributed by atoms with Crippen LogP contribution in [0, 0.1) is 0 Å². The minimum atomic E-state index is -3.93. The lowest BCUT2D eigenvalue weighted by Gasteiger charge is -2.26. The van der Waals surface area contributed by atoms with Gasteiger partial charge < -0.3 is 4.74 Å². The zero-order valence-electron chi connectivity index (χ0n) is 20.8. The van der Waals surface area contributed by atoms with Crippen molar-refractivity contribution in [3.63, 3.8) is 0 Å². The van der Waals surface area contributed by atoms with E-state index >= 15 is 0 Å². The highest BCUT2D eigenvalue weighted by atomic mass is 32.2. The number of hydrogen-bond acceptors (Lipinski definition) is 8. The predicted molar refractivity (Wildman–Crippen MR) is 153 cm³/mol. The molecule has 0 aliphatic heterocycles. The predicted octanol–water partition coefficient (Wildman–Crippen LogP) is 6.45. The van der Waals surface area contributed by atoms with Gasteiger partial charge >= 0.3 is 5.97 Å². The molecule has 0 N–H and O–H groups in total. The first-order valence-electron chi connectivity index (χ1n) is 11.8. The van der Waals surface area contributed by atoms with Crippen LogP contribution in [0.3, 0.4) is 0 Å². The van der Waals surface area contributed by atoms with Gasteiger partial charge in [-0.25, -0.2) is 4.79 Å². The van der Waals surface area contributed by atoms with Crippen LogP contribution in [0.4, 0.5) is 0 Å². The minimum Gasteiger partial charge on any atom is -0.459 e. The Morgan fingerprint density at radius 3 is 1.87 bits per heavy atom. The van der Waals surface area contributed by atoms with E-state index in [-0.39, 0.29) is 11.2 Å². The summed E-state index contributed by atoms with van der Waals surface area (Å²) >= 11 is 3.34. The first kappa shape index (κ1) is 29.6. The van der Waals surface area contributed by atoms with Crippen molar-refractivity contribution in [2.24, 2.45) is 5.11 Å². The van der Waals surface area contributed by atoms with Crippen LogP contribution in [-0.4, -0.2) is 44.0 Å². The smallest absolute Gasteiger partial charge is 0.338 e. The molecule has 3 aromatic carbocycles. The summed E-state index contributed by atoms with van der Waals surface area (Å²) in [4.78, 5) is 15.5. The molecule has 0 bridgehead atoms. The lowest BCUT2D eigenvalue weighted by Crippen LogP contribution is -2.36. The lowest BCUT2D eigenvalue weighted by atomic mass is 10.1. The molecular formula is C27H29N3O5S3. The van der Waals surface area contributed by atoms with Crippen molar-refractivity contribution in [2.45, 2.75) is 34.7 Å². The average Bonchev–Trinajstić information content (AvgIpc) is 2.93. The summed E-state index contributed by atoms with van der Waals surface area (Å²) in [6.45, 7) is -0.385. The lowest BCUT2D eigenvalue weighted by molar-refractivity contribution is 0.0274. The molecule has 3 rings (SSSR count). The van der Waals surface area contributed by atoms with Crippen LogP contribution in [0.1, 0.15) is 27.9 Å². The van der Waals surface area contributed by atoms with E-state index in [0.29, 0.717) is 12.0 Å². The maximum absolute atomic E-state index is 12.5. The third kappa shape index (κ3) is 10.8. The number of carbonyl (C=O) groups excluding carboxylic acids is 1. The summed E-state index contributed by atoms with van der Waals surface area (Å²) in [6, 6.07) is 27.4. The van der Waals surface area contributed by atoms with Crippen LogP contribution in [0.5, 0.6) is 0 Å². The van der Waals surface area contributed by atoms with Crippen molar-refractivity contribution in [2.75, 3.05) is 12.9 Å². The quantitative estimate of drug-likeness (QED) is 0.0513. The molecule has 0 aliphatic rings. The number of azide groups is 1. The summed E-state index contributed by atoms with van der Waals surface area (Å²) < 4.78 is 34.7. The molecule has 3 aromatic rings. The summed E-state index contributed by atoms with van der Waals surface area (Å²) in [5.74, 6) is 0.814. The van der Waals surface area contributed by atoms with Crippen molar-refractivity contribution in [1.82, 2.24) is 0 Å². The Morgan fingerprint density at radius 1 is 0.895 bits per heavy atom. The molecule has 0 fully saturated rings. The van der Waals surface area contributed by atoms with Gasteiger partial charge in [-0.1, -0.05) is 84.0 Å². The SMILES string of the molecule is CS(=O)(=O)O[C@@H](COC(=O)c1ccccc1)[C@H](CC(SCc1ccccc1)SCc1ccccc1)N=[N+]=[N-]. The van der Waals surface area contributed by atoms with Crippen molar-refractivity contribution in [3.8, 4) is 0 Å². The van der Waals surface area contributed by atoms with E-state index in [1.807, 2.05) is 60.7 Å². The summed E-state index contributed by atoms with van der Waals surface area (Å²) in [6.07, 6.45) is 0.0470. The van der Waals surface area contributed by atoms with E-state index in [1.54, 1.807) is 53.9 Å². The molecule has 38 heavy (non-hydrogen) atoms. The molecule has 0 radical (unpaired) electrons. The van der Waals surface area contributed by atoms with Gasteiger partial charge in [0.15, 0.2) is 0 Å². The number of esters is 1. The number of benzene rings is 3. The number of thioether (sulfide) groups is 2. The van der Waals surface area contributed by atoms with Gasteiger partial charge in [-0.3, -0.25) is 4.18 Å². The molecule has 2 atom stereocenters. The minimum absolute atomic E-state index is 0.0682.